The van der Waals surface area contributed by atoms with Crippen LogP contribution in [-0.4, -0.2) is 55.5 Å². The Morgan fingerprint density at radius 3 is 2.17 bits per heavy atom. The Kier molecular flexibility index (Phi) is 5.59. The van der Waals surface area contributed by atoms with Crippen LogP contribution in [0.25, 0.3) is 0 Å². The fourth-order valence-electron chi connectivity index (χ4n) is 2.08. The molecule has 1 rings (SSSR count). The van der Waals surface area contributed by atoms with Gasteiger partial charge in [-0.05, 0) is 12.3 Å². The molecule has 1 heterocycles. The maximum absolute atomic E-state index is 11.9. The van der Waals surface area contributed by atoms with Crippen LogP contribution in [-0.2, 0) is 14.8 Å². The number of rotatable bonds is 5. The van der Waals surface area contributed by atoms with Gasteiger partial charge in [-0.1, -0.05) is 20.8 Å². The number of hydrogen-bond acceptors (Lipinski definition) is 3. The highest BCUT2D eigenvalue weighted by atomic mass is 32.2. The second-order valence-electron chi connectivity index (χ2n) is 5.19. The smallest absolute Gasteiger partial charge is 0.222 e. The monoisotopic (exact) mass is 276 g/mol. The third kappa shape index (κ3) is 4.24. The molecule has 5 nitrogen and oxygen atoms in total. The Bertz CT molecular complexity index is 371. The van der Waals surface area contributed by atoms with Crippen LogP contribution in [0.3, 0.4) is 0 Å². The Hall–Kier alpha value is -0.620. The number of sulfonamides is 1. The summed E-state index contributed by atoms with van der Waals surface area (Å²) in [6.45, 7) is 7.81. The second-order valence-corrected chi connectivity index (χ2v) is 7.28. The van der Waals surface area contributed by atoms with Gasteiger partial charge in [0, 0.05) is 32.6 Å². The van der Waals surface area contributed by atoms with E-state index in [1.807, 2.05) is 20.8 Å². The minimum Gasteiger partial charge on any atom is -0.340 e. The minimum atomic E-state index is -3.11. The molecule has 0 bridgehead atoms. The van der Waals surface area contributed by atoms with Crippen molar-refractivity contribution in [2.24, 2.45) is 5.92 Å². The summed E-state index contributed by atoms with van der Waals surface area (Å²) in [5.41, 5.74) is 0. The summed E-state index contributed by atoms with van der Waals surface area (Å²) in [6, 6.07) is 0. The highest BCUT2D eigenvalue weighted by molar-refractivity contribution is 7.89. The lowest BCUT2D eigenvalue weighted by molar-refractivity contribution is -0.133. The van der Waals surface area contributed by atoms with Crippen molar-refractivity contribution in [2.75, 3.05) is 31.9 Å². The molecular formula is C12H24N2O3S. The van der Waals surface area contributed by atoms with Crippen LogP contribution in [0.4, 0.5) is 0 Å². The predicted octanol–water partition coefficient (Wildman–Crippen LogP) is 0.916. The number of carbonyl (C=O) groups is 1. The fourth-order valence-corrected chi connectivity index (χ4v) is 3.57. The molecule has 0 spiro atoms. The molecule has 0 radical (unpaired) electrons. The van der Waals surface area contributed by atoms with Crippen molar-refractivity contribution in [1.82, 2.24) is 9.21 Å². The predicted molar refractivity (Wildman–Crippen MR) is 71.7 cm³/mol. The molecule has 18 heavy (non-hydrogen) atoms. The van der Waals surface area contributed by atoms with E-state index in [0.29, 0.717) is 44.9 Å². The van der Waals surface area contributed by atoms with E-state index in [1.165, 1.54) is 4.31 Å². The Balaban J connectivity index is 2.48. The highest BCUT2D eigenvalue weighted by Crippen LogP contribution is 2.11. The second kappa shape index (κ2) is 6.52. The largest absolute Gasteiger partial charge is 0.340 e. The van der Waals surface area contributed by atoms with Crippen LogP contribution in [0.1, 0.15) is 33.6 Å². The van der Waals surface area contributed by atoms with Crippen LogP contribution in [0.15, 0.2) is 0 Å². The Labute approximate surface area is 110 Å². The molecule has 0 aromatic carbocycles. The molecule has 6 heteroatoms. The molecule has 0 unspecified atom stereocenters. The summed E-state index contributed by atoms with van der Waals surface area (Å²) in [5, 5.41) is 0. The zero-order chi connectivity index (χ0) is 13.8. The lowest BCUT2D eigenvalue weighted by Gasteiger charge is -2.34. The molecule has 0 aromatic rings. The highest BCUT2D eigenvalue weighted by Gasteiger charge is 2.28. The van der Waals surface area contributed by atoms with E-state index in [1.54, 1.807) is 4.90 Å². The summed E-state index contributed by atoms with van der Waals surface area (Å²) in [6.07, 6.45) is 1.18. The minimum absolute atomic E-state index is 0.137. The molecule has 0 N–H and O–H groups in total. The first-order valence-corrected chi connectivity index (χ1v) is 8.23. The molecular weight excluding hydrogens is 252 g/mol. The molecule has 106 valence electrons. The average molecular weight is 276 g/mol. The van der Waals surface area contributed by atoms with E-state index in [2.05, 4.69) is 0 Å². The van der Waals surface area contributed by atoms with Crippen molar-refractivity contribution in [3.63, 3.8) is 0 Å². The van der Waals surface area contributed by atoms with E-state index >= 15 is 0 Å². The fraction of sp³-hybridized carbons (Fsp3) is 0.917. The number of hydrogen-bond donors (Lipinski definition) is 0. The van der Waals surface area contributed by atoms with Gasteiger partial charge in [-0.3, -0.25) is 4.79 Å². The van der Waals surface area contributed by atoms with Crippen LogP contribution in [0.2, 0.25) is 0 Å². The molecule has 1 saturated heterocycles. The SMILES string of the molecule is CCCS(=O)(=O)N1CCN(C(=O)CC(C)C)CC1. The lowest BCUT2D eigenvalue weighted by atomic mass is 10.1. The van der Waals surface area contributed by atoms with E-state index in [4.69, 9.17) is 0 Å². The third-order valence-corrected chi connectivity index (χ3v) is 5.11. The van der Waals surface area contributed by atoms with Gasteiger partial charge in [-0.25, -0.2) is 8.42 Å². The molecule has 0 aliphatic carbocycles. The molecule has 1 fully saturated rings. The zero-order valence-corrected chi connectivity index (χ0v) is 12.4. The van der Waals surface area contributed by atoms with Crippen molar-refractivity contribution in [3.8, 4) is 0 Å². The maximum atomic E-state index is 11.9. The zero-order valence-electron chi connectivity index (χ0n) is 11.6. The third-order valence-electron chi connectivity index (χ3n) is 3.03. The summed E-state index contributed by atoms with van der Waals surface area (Å²) in [7, 11) is -3.11. The van der Waals surface area contributed by atoms with E-state index in [0.717, 1.165) is 0 Å². The van der Waals surface area contributed by atoms with Gasteiger partial charge in [0.25, 0.3) is 0 Å². The first-order valence-electron chi connectivity index (χ1n) is 6.62. The van der Waals surface area contributed by atoms with Gasteiger partial charge in [-0.15, -0.1) is 0 Å². The van der Waals surface area contributed by atoms with Crippen molar-refractivity contribution in [3.05, 3.63) is 0 Å². The summed E-state index contributed by atoms with van der Waals surface area (Å²) < 4.78 is 25.2. The Morgan fingerprint density at radius 1 is 1.17 bits per heavy atom. The maximum Gasteiger partial charge on any atom is 0.222 e. The molecule has 0 saturated carbocycles. The number of nitrogens with zero attached hydrogens (tertiary/aromatic N) is 2. The molecule has 0 atom stereocenters. The molecule has 0 aromatic heterocycles. The van der Waals surface area contributed by atoms with E-state index < -0.39 is 10.0 Å². The van der Waals surface area contributed by atoms with Gasteiger partial charge in [0.1, 0.15) is 0 Å². The first kappa shape index (κ1) is 15.4. The van der Waals surface area contributed by atoms with Crippen LogP contribution in [0, 0.1) is 5.92 Å². The van der Waals surface area contributed by atoms with Crippen LogP contribution < -0.4 is 0 Å². The molecule has 1 aliphatic rings. The summed E-state index contributed by atoms with van der Waals surface area (Å²) in [5.74, 6) is 0.685. The number of piperazine rings is 1. The van der Waals surface area contributed by atoms with Gasteiger partial charge >= 0.3 is 0 Å². The standard InChI is InChI=1S/C12H24N2O3S/c1-4-9-18(16,17)14-7-5-13(6-8-14)12(15)10-11(2)3/h11H,4-10H2,1-3H3. The van der Waals surface area contributed by atoms with Crippen LogP contribution >= 0.6 is 0 Å². The van der Waals surface area contributed by atoms with E-state index in [9.17, 15) is 13.2 Å². The number of carbonyl (C=O) groups excluding carboxylic acids is 1. The molecule has 1 aliphatic heterocycles. The van der Waals surface area contributed by atoms with Crippen LogP contribution in [0.5, 0.6) is 0 Å². The van der Waals surface area contributed by atoms with Gasteiger partial charge in [-0.2, -0.15) is 4.31 Å². The quantitative estimate of drug-likeness (QED) is 0.750. The number of amides is 1. The summed E-state index contributed by atoms with van der Waals surface area (Å²) >= 11 is 0. The van der Waals surface area contributed by atoms with Crippen molar-refractivity contribution in [1.29, 1.82) is 0 Å². The average Bonchev–Trinajstić information content (AvgIpc) is 2.28. The van der Waals surface area contributed by atoms with Gasteiger partial charge in [0.2, 0.25) is 15.9 Å². The molecule has 1 amide bonds. The normalized spacial score (nSPS) is 18.3. The summed E-state index contributed by atoms with van der Waals surface area (Å²) in [4.78, 5) is 13.6. The lowest BCUT2D eigenvalue weighted by Crippen LogP contribution is -2.51. The van der Waals surface area contributed by atoms with Crippen molar-refractivity contribution >= 4 is 15.9 Å². The van der Waals surface area contributed by atoms with Crippen molar-refractivity contribution in [2.45, 2.75) is 33.6 Å². The van der Waals surface area contributed by atoms with Gasteiger partial charge < -0.3 is 4.90 Å². The Morgan fingerprint density at radius 2 is 1.72 bits per heavy atom. The first-order chi connectivity index (χ1) is 8.36. The van der Waals surface area contributed by atoms with Gasteiger partial charge in [0.05, 0.1) is 5.75 Å². The van der Waals surface area contributed by atoms with E-state index in [-0.39, 0.29) is 11.7 Å². The van der Waals surface area contributed by atoms with Crippen molar-refractivity contribution < 1.29 is 13.2 Å². The topological polar surface area (TPSA) is 57.7 Å². The van der Waals surface area contributed by atoms with Gasteiger partial charge in [0.15, 0.2) is 0 Å².